The molecule has 1 aliphatic rings. The highest BCUT2D eigenvalue weighted by Crippen LogP contribution is 2.19. The summed E-state index contributed by atoms with van der Waals surface area (Å²) in [5.74, 6) is 0.285. The molecule has 1 unspecified atom stereocenters. The van der Waals surface area contributed by atoms with Gasteiger partial charge in [0.1, 0.15) is 11.8 Å². The number of hydrogen-bond acceptors (Lipinski definition) is 4. The van der Waals surface area contributed by atoms with Gasteiger partial charge < -0.3 is 14.5 Å². The Labute approximate surface area is 129 Å². The van der Waals surface area contributed by atoms with E-state index < -0.39 is 0 Å². The van der Waals surface area contributed by atoms with E-state index in [4.69, 9.17) is 10.00 Å². The fourth-order valence-electron chi connectivity index (χ4n) is 2.47. The number of ether oxygens (including phenoxy) is 1. The molecule has 0 saturated carbocycles. The summed E-state index contributed by atoms with van der Waals surface area (Å²) in [7, 11) is 3.38. The molecule has 1 heterocycles. The fourth-order valence-corrected chi connectivity index (χ4v) is 2.47. The zero-order valence-electron chi connectivity index (χ0n) is 12.8. The Kier molecular flexibility index (Phi) is 4.99. The molecule has 6 heteroatoms. The van der Waals surface area contributed by atoms with Gasteiger partial charge in [0.05, 0.1) is 11.6 Å². The number of nitriles is 1. The predicted octanol–water partition coefficient (Wildman–Crippen LogP) is 1.02. The van der Waals surface area contributed by atoms with Crippen molar-refractivity contribution in [2.24, 2.45) is 0 Å². The first kappa shape index (κ1) is 15.8. The molecule has 0 radical (unpaired) electrons. The Morgan fingerprint density at radius 2 is 2.05 bits per heavy atom. The smallest absolute Gasteiger partial charge is 0.261 e. The lowest BCUT2D eigenvalue weighted by Crippen LogP contribution is -2.46. The summed E-state index contributed by atoms with van der Waals surface area (Å²) in [5, 5.41) is 8.73. The first-order valence-corrected chi connectivity index (χ1v) is 7.16. The molecule has 2 amide bonds. The maximum Gasteiger partial charge on any atom is 0.261 e. The van der Waals surface area contributed by atoms with E-state index in [1.807, 2.05) is 6.07 Å². The van der Waals surface area contributed by atoms with Crippen LogP contribution in [0.5, 0.6) is 5.75 Å². The highest BCUT2D eigenvalue weighted by molar-refractivity contribution is 5.88. The molecule has 0 bridgehead atoms. The summed E-state index contributed by atoms with van der Waals surface area (Å²) in [5.41, 5.74) is 0.537. The summed E-state index contributed by atoms with van der Waals surface area (Å²) in [6, 6.07) is 8.21. The summed E-state index contributed by atoms with van der Waals surface area (Å²) in [6.45, 7) is 0.475. The third-order valence-corrected chi connectivity index (χ3v) is 3.64. The van der Waals surface area contributed by atoms with Crippen molar-refractivity contribution in [3.8, 4) is 11.8 Å². The van der Waals surface area contributed by atoms with E-state index in [1.165, 1.54) is 4.90 Å². The molecule has 1 atom stereocenters. The van der Waals surface area contributed by atoms with Gasteiger partial charge in [-0.25, -0.2) is 0 Å². The van der Waals surface area contributed by atoms with Gasteiger partial charge in [0, 0.05) is 20.6 Å². The van der Waals surface area contributed by atoms with Crippen LogP contribution in [0.3, 0.4) is 0 Å². The predicted molar refractivity (Wildman–Crippen MR) is 80.1 cm³/mol. The average Bonchev–Trinajstić information content (AvgIpc) is 3.01. The Morgan fingerprint density at radius 1 is 1.36 bits per heavy atom. The van der Waals surface area contributed by atoms with Crippen molar-refractivity contribution >= 4 is 11.8 Å². The fraction of sp³-hybridized carbons (Fsp3) is 0.438. The van der Waals surface area contributed by atoms with Gasteiger partial charge in [-0.15, -0.1) is 0 Å². The lowest BCUT2D eigenvalue weighted by atomic mass is 10.2. The van der Waals surface area contributed by atoms with E-state index in [0.717, 1.165) is 6.42 Å². The average molecular weight is 301 g/mol. The molecule has 0 aromatic heterocycles. The first-order valence-electron chi connectivity index (χ1n) is 7.16. The summed E-state index contributed by atoms with van der Waals surface area (Å²) >= 11 is 0. The SMILES string of the molecule is CN(C)C(=O)C1CCCN1C(=O)COc1ccc(C#N)cc1. The molecular weight excluding hydrogens is 282 g/mol. The summed E-state index contributed by atoms with van der Waals surface area (Å²) in [6.07, 6.45) is 1.52. The van der Waals surface area contributed by atoms with Crippen LogP contribution in [0.25, 0.3) is 0 Å². The lowest BCUT2D eigenvalue weighted by Gasteiger charge is -2.26. The van der Waals surface area contributed by atoms with Crippen molar-refractivity contribution in [2.45, 2.75) is 18.9 Å². The highest BCUT2D eigenvalue weighted by Gasteiger charge is 2.34. The molecule has 0 aliphatic carbocycles. The van der Waals surface area contributed by atoms with E-state index in [1.54, 1.807) is 43.3 Å². The van der Waals surface area contributed by atoms with Crippen molar-refractivity contribution in [3.63, 3.8) is 0 Å². The van der Waals surface area contributed by atoms with Gasteiger partial charge >= 0.3 is 0 Å². The number of hydrogen-bond donors (Lipinski definition) is 0. The Balaban J connectivity index is 1.93. The standard InChI is InChI=1S/C16H19N3O3/c1-18(2)16(21)14-4-3-9-19(14)15(20)11-22-13-7-5-12(10-17)6-8-13/h5-8,14H,3-4,9,11H2,1-2H3. The molecule has 1 aromatic carbocycles. The van der Waals surface area contributed by atoms with Gasteiger partial charge in [-0.05, 0) is 37.1 Å². The molecular formula is C16H19N3O3. The number of carbonyl (C=O) groups excluding carboxylic acids is 2. The molecule has 1 aromatic rings. The van der Waals surface area contributed by atoms with Crippen LogP contribution < -0.4 is 4.74 Å². The van der Waals surface area contributed by atoms with Gasteiger partial charge in [0.15, 0.2) is 6.61 Å². The van der Waals surface area contributed by atoms with Crippen LogP contribution >= 0.6 is 0 Å². The van der Waals surface area contributed by atoms with Crippen LogP contribution in [0.15, 0.2) is 24.3 Å². The lowest BCUT2D eigenvalue weighted by molar-refractivity contribution is -0.143. The number of likely N-dealkylation sites (N-methyl/N-ethyl adjacent to an activating group) is 1. The van der Waals surface area contributed by atoms with Crippen LogP contribution in [0.2, 0.25) is 0 Å². The van der Waals surface area contributed by atoms with Gasteiger partial charge in [0.2, 0.25) is 5.91 Å². The minimum absolute atomic E-state index is 0.0516. The van der Waals surface area contributed by atoms with Gasteiger partial charge in [-0.3, -0.25) is 9.59 Å². The third-order valence-electron chi connectivity index (χ3n) is 3.64. The topological polar surface area (TPSA) is 73.6 Å². The zero-order valence-corrected chi connectivity index (χ0v) is 12.8. The van der Waals surface area contributed by atoms with Gasteiger partial charge in [-0.2, -0.15) is 5.26 Å². The van der Waals surface area contributed by atoms with E-state index in [2.05, 4.69) is 0 Å². The molecule has 22 heavy (non-hydrogen) atoms. The number of likely N-dealkylation sites (tertiary alicyclic amines) is 1. The molecule has 1 fully saturated rings. The first-order chi connectivity index (χ1) is 10.5. The Morgan fingerprint density at radius 3 is 2.64 bits per heavy atom. The molecule has 6 nitrogen and oxygen atoms in total. The normalized spacial score (nSPS) is 17.0. The number of rotatable bonds is 4. The van der Waals surface area contributed by atoms with E-state index in [-0.39, 0.29) is 24.5 Å². The number of nitrogens with zero attached hydrogens (tertiary/aromatic N) is 3. The minimum atomic E-state index is -0.382. The number of benzene rings is 1. The van der Waals surface area contributed by atoms with E-state index >= 15 is 0 Å². The van der Waals surface area contributed by atoms with E-state index in [9.17, 15) is 9.59 Å². The highest BCUT2D eigenvalue weighted by atomic mass is 16.5. The molecule has 0 spiro atoms. The van der Waals surface area contributed by atoms with Gasteiger partial charge in [0.25, 0.3) is 5.91 Å². The monoisotopic (exact) mass is 301 g/mol. The van der Waals surface area contributed by atoms with Crippen molar-refractivity contribution < 1.29 is 14.3 Å². The van der Waals surface area contributed by atoms with Gasteiger partial charge in [-0.1, -0.05) is 0 Å². The molecule has 116 valence electrons. The van der Waals surface area contributed by atoms with Crippen molar-refractivity contribution in [1.29, 1.82) is 5.26 Å². The van der Waals surface area contributed by atoms with Crippen LogP contribution in [-0.4, -0.2) is 54.9 Å². The van der Waals surface area contributed by atoms with Crippen molar-refractivity contribution in [1.82, 2.24) is 9.80 Å². The van der Waals surface area contributed by atoms with Crippen molar-refractivity contribution in [3.05, 3.63) is 29.8 Å². The zero-order chi connectivity index (χ0) is 16.1. The van der Waals surface area contributed by atoms with Crippen LogP contribution in [0, 0.1) is 11.3 Å². The van der Waals surface area contributed by atoms with Crippen molar-refractivity contribution in [2.75, 3.05) is 27.2 Å². The summed E-state index contributed by atoms with van der Waals surface area (Å²) in [4.78, 5) is 27.4. The molecule has 0 N–H and O–H groups in total. The Bertz CT molecular complexity index is 590. The molecule has 1 saturated heterocycles. The van der Waals surface area contributed by atoms with Crippen LogP contribution in [-0.2, 0) is 9.59 Å². The van der Waals surface area contributed by atoms with E-state index in [0.29, 0.717) is 24.3 Å². The second kappa shape index (κ2) is 6.94. The maximum atomic E-state index is 12.3. The largest absolute Gasteiger partial charge is 0.484 e. The quantitative estimate of drug-likeness (QED) is 0.832. The van der Waals surface area contributed by atoms with Crippen LogP contribution in [0.4, 0.5) is 0 Å². The second-order valence-electron chi connectivity index (χ2n) is 5.40. The summed E-state index contributed by atoms with van der Waals surface area (Å²) < 4.78 is 5.44. The number of amides is 2. The minimum Gasteiger partial charge on any atom is -0.484 e. The maximum absolute atomic E-state index is 12.3. The second-order valence-corrected chi connectivity index (χ2v) is 5.40. The molecule has 2 rings (SSSR count). The third kappa shape index (κ3) is 3.55. The van der Waals surface area contributed by atoms with Crippen LogP contribution in [0.1, 0.15) is 18.4 Å². The Hall–Kier alpha value is -2.55. The number of carbonyl (C=O) groups is 2. The molecule has 1 aliphatic heterocycles.